The van der Waals surface area contributed by atoms with Gasteiger partial charge in [-0.2, -0.15) is 0 Å². The summed E-state index contributed by atoms with van der Waals surface area (Å²) in [6.07, 6.45) is 1.75. The largest absolute Gasteiger partial charge is 0.480 e. The number of piperidine rings is 1. The standard InChI is InChI=1S/C16H22ClN3O3/c1-19(11-16(22)23)14-6-8-20(9-7-14)10-15(21)18-13-4-2-12(17)3-5-13/h2-5,14H,6-11H2,1H3,(H,18,21)(H,22,23). The Bertz CT molecular complexity index is 542. The van der Waals surface area contributed by atoms with Gasteiger partial charge in [0.15, 0.2) is 0 Å². The average molecular weight is 340 g/mol. The molecule has 0 bridgehead atoms. The van der Waals surface area contributed by atoms with Gasteiger partial charge in [-0.3, -0.25) is 19.4 Å². The van der Waals surface area contributed by atoms with Crippen molar-refractivity contribution in [3.63, 3.8) is 0 Å². The summed E-state index contributed by atoms with van der Waals surface area (Å²) in [5, 5.41) is 12.3. The van der Waals surface area contributed by atoms with E-state index in [1.54, 1.807) is 24.3 Å². The molecule has 1 heterocycles. The summed E-state index contributed by atoms with van der Waals surface area (Å²) in [4.78, 5) is 26.8. The lowest BCUT2D eigenvalue weighted by Gasteiger charge is -2.35. The van der Waals surface area contributed by atoms with E-state index in [1.165, 1.54) is 0 Å². The van der Waals surface area contributed by atoms with E-state index < -0.39 is 5.97 Å². The molecule has 0 atom stereocenters. The number of benzene rings is 1. The molecule has 1 aliphatic rings. The lowest BCUT2D eigenvalue weighted by atomic mass is 10.0. The highest BCUT2D eigenvalue weighted by atomic mass is 35.5. The topological polar surface area (TPSA) is 72.9 Å². The van der Waals surface area contributed by atoms with Gasteiger partial charge >= 0.3 is 5.97 Å². The highest BCUT2D eigenvalue weighted by Gasteiger charge is 2.24. The monoisotopic (exact) mass is 339 g/mol. The Kier molecular flexibility index (Phi) is 6.38. The van der Waals surface area contributed by atoms with Crippen LogP contribution in [0.5, 0.6) is 0 Å². The molecule has 2 N–H and O–H groups in total. The molecular weight excluding hydrogens is 318 g/mol. The first-order chi connectivity index (χ1) is 10.9. The van der Waals surface area contributed by atoms with Crippen LogP contribution in [0.25, 0.3) is 0 Å². The smallest absolute Gasteiger partial charge is 0.317 e. The highest BCUT2D eigenvalue weighted by Crippen LogP contribution is 2.16. The Morgan fingerprint density at radius 1 is 1.30 bits per heavy atom. The number of anilines is 1. The third kappa shape index (κ3) is 5.82. The summed E-state index contributed by atoms with van der Waals surface area (Å²) in [5.74, 6) is -0.859. The molecule has 1 saturated heterocycles. The second-order valence-electron chi connectivity index (χ2n) is 5.87. The maximum absolute atomic E-state index is 12.1. The molecule has 1 amide bonds. The number of hydrogen-bond acceptors (Lipinski definition) is 4. The lowest BCUT2D eigenvalue weighted by molar-refractivity contribution is -0.138. The van der Waals surface area contributed by atoms with Crippen LogP contribution in [0.15, 0.2) is 24.3 Å². The fourth-order valence-corrected chi connectivity index (χ4v) is 2.92. The molecule has 1 aromatic rings. The van der Waals surface area contributed by atoms with E-state index in [4.69, 9.17) is 16.7 Å². The van der Waals surface area contributed by atoms with E-state index in [-0.39, 0.29) is 18.5 Å². The molecule has 0 unspecified atom stereocenters. The Hall–Kier alpha value is -1.63. The summed E-state index contributed by atoms with van der Waals surface area (Å²) in [7, 11) is 1.84. The summed E-state index contributed by atoms with van der Waals surface area (Å²) in [6.45, 7) is 1.99. The van der Waals surface area contributed by atoms with Gasteiger partial charge in [-0.25, -0.2) is 0 Å². The fraction of sp³-hybridized carbons (Fsp3) is 0.500. The van der Waals surface area contributed by atoms with Crippen LogP contribution in [-0.2, 0) is 9.59 Å². The number of carboxylic acid groups (broad SMARTS) is 1. The molecule has 1 aromatic carbocycles. The first kappa shape index (κ1) is 17.7. The molecule has 7 heteroatoms. The van der Waals surface area contributed by atoms with Crippen molar-refractivity contribution in [2.75, 3.05) is 38.5 Å². The summed E-state index contributed by atoms with van der Waals surface area (Å²) in [6, 6.07) is 7.28. The van der Waals surface area contributed by atoms with Gasteiger partial charge in [-0.15, -0.1) is 0 Å². The number of carboxylic acids is 1. The van der Waals surface area contributed by atoms with Crippen molar-refractivity contribution in [1.29, 1.82) is 0 Å². The molecule has 0 aromatic heterocycles. The van der Waals surface area contributed by atoms with Gasteiger partial charge in [0.2, 0.25) is 5.91 Å². The number of amides is 1. The summed E-state index contributed by atoms with van der Waals surface area (Å²) < 4.78 is 0. The predicted molar refractivity (Wildman–Crippen MR) is 89.8 cm³/mol. The molecule has 2 rings (SSSR count). The summed E-state index contributed by atoms with van der Waals surface area (Å²) in [5.41, 5.74) is 0.732. The van der Waals surface area contributed by atoms with Gasteiger partial charge in [0.05, 0.1) is 13.1 Å². The van der Waals surface area contributed by atoms with Crippen LogP contribution in [-0.4, -0.2) is 66.1 Å². The Labute approximate surface area is 141 Å². The van der Waals surface area contributed by atoms with E-state index in [0.717, 1.165) is 31.6 Å². The van der Waals surface area contributed by atoms with Crippen molar-refractivity contribution in [1.82, 2.24) is 9.80 Å². The van der Waals surface area contributed by atoms with Crippen molar-refractivity contribution >= 4 is 29.2 Å². The number of nitrogens with zero attached hydrogens (tertiary/aromatic N) is 2. The number of likely N-dealkylation sites (N-methyl/N-ethyl adjacent to an activating group) is 1. The fourth-order valence-electron chi connectivity index (χ4n) is 2.80. The van der Waals surface area contributed by atoms with Crippen molar-refractivity contribution in [2.45, 2.75) is 18.9 Å². The quantitative estimate of drug-likeness (QED) is 0.826. The van der Waals surface area contributed by atoms with Gasteiger partial charge in [-0.05, 0) is 44.2 Å². The van der Waals surface area contributed by atoms with Gasteiger partial charge in [0.25, 0.3) is 0 Å². The van der Waals surface area contributed by atoms with Crippen molar-refractivity contribution in [3.05, 3.63) is 29.3 Å². The van der Waals surface area contributed by atoms with Crippen LogP contribution < -0.4 is 5.32 Å². The van der Waals surface area contributed by atoms with Gasteiger partial charge in [-0.1, -0.05) is 11.6 Å². The molecule has 1 aliphatic heterocycles. The molecule has 0 saturated carbocycles. The van der Waals surface area contributed by atoms with Crippen LogP contribution in [0, 0.1) is 0 Å². The molecule has 0 aliphatic carbocycles. The molecule has 1 fully saturated rings. The van der Waals surface area contributed by atoms with Crippen molar-refractivity contribution in [3.8, 4) is 0 Å². The maximum Gasteiger partial charge on any atom is 0.317 e. The number of rotatable bonds is 6. The Morgan fingerprint density at radius 2 is 1.91 bits per heavy atom. The van der Waals surface area contributed by atoms with Crippen molar-refractivity contribution in [2.24, 2.45) is 0 Å². The number of carbonyl (C=O) groups excluding carboxylic acids is 1. The minimum Gasteiger partial charge on any atom is -0.480 e. The van der Waals surface area contributed by atoms with E-state index in [2.05, 4.69) is 10.2 Å². The average Bonchev–Trinajstić information content (AvgIpc) is 2.49. The van der Waals surface area contributed by atoms with Crippen LogP contribution in [0.4, 0.5) is 5.69 Å². The van der Waals surface area contributed by atoms with Gasteiger partial charge in [0, 0.05) is 29.8 Å². The molecule has 23 heavy (non-hydrogen) atoms. The second-order valence-corrected chi connectivity index (χ2v) is 6.31. The highest BCUT2D eigenvalue weighted by molar-refractivity contribution is 6.30. The second kappa shape index (κ2) is 8.29. The first-order valence-electron chi connectivity index (χ1n) is 7.64. The van der Waals surface area contributed by atoms with Gasteiger partial charge in [0.1, 0.15) is 0 Å². The van der Waals surface area contributed by atoms with Crippen LogP contribution in [0.2, 0.25) is 5.02 Å². The zero-order valence-corrected chi connectivity index (χ0v) is 13.9. The number of nitrogens with one attached hydrogen (secondary N) is 1. The predicted octanol–water partition coefficient (Wildman–Crippen LogP) is 1.76. The van der Waals surface area contributed by atoms with Crippen LogP contribution in [0.1, 0.15) is 12.8 Å². The van der Waals surface area contributed by atoms with Crippen molar-refractivity contribution < 1.29 is 14.7 Å². The number of hydrogen-bond donors (Lipinski definition) is 2. The minimum atomic E-state index is -0.808. The summed E-state index contributed by atoms with van der Waals surface area (Å²) >= 11 is 5.81. The Morgan fingerprint density at radius 3 is 2.48 bits per heavy atom. The number of aliphatic carboxylic acids is 1. The van der Waals surface area contributed by atoms with E-state index in [0.29, 0.717) is 11.6 Å². The normalized spacial score (nSPS) is 16.5. The Balaban J connectivity index is 1.74. The SMILES string of the molecule is CN(CC(=O)O)C1CCN(CC(=O)Nc2ccc(Cl)cc2)CC1. The van der Waals surface area contributed by atoms with E-state index in [1.807, 2.05) is 11.9 Å². The van der Waals surface area contributed by atoms with E-state index >= 15 is 0 Å². The number of carbonyl (C=O) groups is 2. The van der Waals surface area contributed by atoms with Crippen LogP contribution in [0.3, 0.4) is 0 Å². The molecule has 126 valence electrons. The lowest BCUT2D eigenvalue weighted by Crippen LogP contribution is -2.46. The zero-order chi connectivity index (χ0) is 16.8. The number of halogens is 1. The third-order valence-electron chi connectivity index (χ3n) is 4.06. The minimum absolute atomic E-state index is 0.0512. The van der Waals surface area contributed by atoms with E-state index in [9.17, 15) is 9.59 Å². The molecular formula is C16H22ClN3O3. The maximum atomic E-state index is 12.1. The zero-order valence-electron chi connectivity index (χ0n) is 13.2. The van der Waals surface area contributed by atoms with Gasteiger partial charge < -0.3 is 10.4 Å². The first-order valence-corrected chi connectivity index (χ1v) is 8.01. The van der Waals surface area contributed by atoms with Crippen LogP contribution >= 0.6 is 11.6 Å². The molecule has 0 radical (unpaired) electrons. The number of likely N-dealkylation sites (tertiary alicyclic amines) is 1. The molecule has 0 spiro atoms. The molecule has 6 nitrogen and oxygen atoms in total. The third-order valence-corrected chi connectivity index (χ3v) is 4.31.